The summed E-state index contributed by atoms with van der Waals surface area (Å²) in [6.07, 6.45) is 0.290. The van der Waals surface area contributed by atoms with Gasteiger partial charge in [0.25, 0.3) is 0 Å². The van der Waals surface area contributed by atoms with Crippen LogP contribution in [0.15, 0.2) is 24.3 Å². The molecule has 0 spiro atoms. The first-order valence-corrected chi connectivity index (χ1v) is 6.50. The molecule has 0 radical (unpaired) electrons. The molecule has 1 aromatic carbocycles. The normalized spacial score (nSPS) is 16.4. The molecule has 1 amide bonds. The lowest BCUT2D eigenvalue weighted by Gasteiger charge is -2.32. The molecule has 0 saturated carbocycles. The second-order valence-electron chi connectivity index (χ2n) is 4.71. The number of rotatable bonds is 4. The molecule has 2 rings (SSSR count). The maximum absolute atomic E-state index is 13.3. The zero-order chi connectivity index (χ0) is 13.7. The summed E-state index contributed by atoms with van der Waals surface area (Å²) in [5.41, 5.74) is 0. The van der Waals surface area contributed by atoms with Crippen LogP contribution in [0.1, 0.15) is 6.42 Å². The Morgan fingerprint density at radius 2 is 1.95 bits per heavy atom. The van der Waals surface area contributed by atoms with Gasteiger partial charge in [0.1, 0.15) is 0 Å². The quantitative estimate of drug-likeness (QED) is 0.825. The molecular weight excluding hydrogens is 247 g/mol. The van der Waals surface area contributed by atoms with Crippen LogP contribution in [-0.2, 0) is 4.79 Å². The first-order chi connectivity index (χ1) is 9.16. The molecular formula is C14H19FN2O2. The minimum atomic E-state index is -0.394. The first-order valence-electron chi connectivity index (χ1n) is 6.50. The van der Waals surface area contributed by atoms with Crippen molar-refractivity contribution in [2.75, 3.05) is 39.8 Å². The van der Waals surface area contributed by atoms with Crippen molar-refractivity contribution >= 4 is 5.91 Å². The molecule has 0 bridgehead atoms. The van der Waals surface area contributed by atoms with E-state index >= 15 is 0 Å². The van der Waals surface area contributed by atoms with Crippen molar-refractivity contribution in [2.45, 2.75) is 6.42 Å². The third kappa shape index (κ3) is 3.92. The Balaban J connectivity index is 1.74. The summed E-state index contributed by atoms with van der Waals surface area (Å²) in [7, 11) is 2.04. The fraction of sp³-hybridized carbons (Fsp3) is 0.500. The summed E-state index contributed by atoms with van der Waals surface area (Å²) in [5, 5.41) is 0. The Bertz CT molecular complexity index is 431. The summed E-state index contributed by atoms with van der Waals surface area (Å²) in [6.45, 7) is 3.54. The zero-order valence-corrected chi connectivity index (χ0v) is 11.1. The highest BCUT2D eigenvalue weighted by Gasteiger charge is 2.18. The van der Waals surface area contributed by atoms with Crippen molar-refractivity contribution in [2.24, 2.45) is 0 Å². The van der Waals surface area contributed by atoms with E-state index in [2.05, 4.69) is 4.90 Å². The van der Waals surface area contributed by atoms with Crippen molar-refractivity contribution in [1.29, 1.82) is 0 Å². The summed E-state index contributed by atoms with van der Waals surface area (Å²) in [6, 6.07) is 6.23. The average Bonchev–Trinajstić information content (AvgIpc) is 2.41. The third-order valence-corrected chi connectivity index (χ3v) is 3.27. The molecule has 1 aliphatic rings. The SMILES string of the molecule is CN1CCN(C(=O)CCOc2ccccc2F)CC1. The molecule has 0 atom stereocenters. The molecule has 0 aromatic heterocycles. The highest BCUT2D eigenvalue weighted by Crippen LogP contribution is 2.15. The van der Waals surface area contributed by atoms with Gasteiger partial charge in [0.2, 0.25) is 5.91 Å². The monoisotopic (exact) mass is 266 g/mol. The van der Waals surface area contributed by atoms with Gasteiger partial charge in [-0.1, -0.05) is 12.1 Å². The van der Waals surface area contributed by atoms with Crippen molar-refractivity contribution in [3.05, 3.63) is 30.1 Å². The van der Waals surface area contributed by atoms with Crippen LogP contribution >= 0.6 is 0 Å². The number of carbonyl (C=O) groups is 1. The van der Waals surface area contributed by atoms with Gasteiger partial charge in [0, 0.05) is 26.2 Å². The molecule has 0 unspecified atom stereocenters. The van der Waals surface area contributed by atoms with Crippen LogP contribution in [-0.4, -0.2) is 55.5 Å². The first kappa shape index (κ1) is 13.8. The fourth-order valence-corrected chi connectivity index (χ4v) is 2.02. The Hall–Kier alpha value is -1.62. The van der Waals surface area contributed by atoms with Gasteiger partial charge < -0.3 is 14.5 Å². The van der Waals surface area contributed by atoms with Gasteiger partial charge in [-0.3, -0.25) is 4.79 Å². The number of amides is 1. The van der Waals surface area contributed by atoms with Crippen molar-refractivity contribution in [3.63, 3.8) is 0 Å². The van der Waals surface area contributed by atoms with Crippen LogP contribution in [0.25, 0.3) is 0 Å². The predicted molar refractivity (Wildman–Crippen MR) is 70.6 cm³/mol. The van der Waals surface area contributed by atoms with Crippen molar-refractivity contribution in [3.8, 4) is 5.75 Å². The number of para-hydroxylation sites is 1. The maximum Gasteiger partial charge on any atom is 0.226 e. The van der Waals surface area contributed by atoms with Gasteiger partial charge in [-0.25, -0.2) is 4.39 Å². The second kappa shape index (κ2) is 6.52. The summed E-state index contributed by atoms with van der Waals surface area (Å²) < 4.78 is 18.6. The molecule has 4 nitrogen and oxygen atoms in total. The lowest BCUT2D eigenvalue weighted by Crippen LogP contribution is -2.47. The highest BCUT2D eigenvalue weighted by molar-refractivity contribution is 5.76. The number of benzene rings is 1. The van der Waals surface area contributed by atoms with Gasteiger partial charge in [-0.15, -0.1) is 0 Å². The van der Waals surface area contributed by atoms with Gasteiger partial charge in [-0.05, 0) is 19.2 Å². The average molecular weight is 266 g/mol. The number of halogens is 1. The van der Waals surface area contributed by atoms with E-state index < -0.39 is 5.82 Å². The van der Waals surface area contributed by atoms with Gasteiger partial charge in [0.15, 0.2) is 11.6 Å². The minimum Gasteiger partial charge on any atom is -0.490 e. The Kier molecular flexibility index (Phi) is 4.74. The number of nitrogens with zero attached hydrogens (tertiary/aromatic N) is 2. The number of ether oxygens (including phenoxy) is 1. The van der Waals surface area contributed by atoms with E-state index in [4.69, 9.17) is 4.74 Å². The van der Waals surface area contributed by atoms with E-state index in [1.54, 1.807) is 18.2 Å². The molecule has 1 fully saturated rings. The smallest absolute Gasteiger partial charge is 0.226 e. The standard InChI is InChI=1S/C14H19FN2O2/c1-16-7-9-17(10-8-16)14(18)6-11-19-13-5-3-2-4-12(13)15/h2-5H,6-11H2,1H3. The van der Waals surface area contributed by atoms with E-state index in [0.717, 1.165) is 26.2 Å². The van der Waals surface area contributed by atoms with Gasteiger partial charge in [0.05, 0.1) is 13.0 Å². The summed E-state index contributed by atoms with van der Waals surface area (Å²) in [5.74, 6) is -0.118. The van der Waals surface area contributed by atoms with Crippen LogP contribution in [0, 0.1) is 5.82 Å². The second-order valence-corrected chi connectivity index (χ2v) is 4.71. The van der Waals surface area contributed by atoms with E-state index in [1.807, 2.05) is 11.9 Å². The van der Waals surface area contributed by atoms with Crippen LogP contribution in [0.5, 0.6) is 5.75 Å². The largest absolute Gasteiger partial charge is 0.490 e. The van der Waals surface area contributed by atoms with Gasteiger partial charge in [-0.2, -0.15) is 0 Å². The molecule has 1 aliphatic heterocycles. The van der Waals surface area contributed by atoms with E-state index in [1.165, 1.54) is 6.07 Å². The predicted octanol–water partition coefficient (Wildman–Crippen LogP) is 1.37. The Labute approximate surface area is 112 Å². The lowest BCUT2D eigenvalue weighted by molar-refractivity contribution is -0.133. The topological polar surface area (TPSA) is 32.8 Å². The molecule has 104 valence electrons. The zero-order valence-electron chi connectivity index (χ0n) is 11.1. The maximum atomic E-state index is 13.3. The number of hydrogen-bond acceptors (Lipinski definition) is 3. The number of piperazine rings is 1. The third-order valence-electron chi connectivity index (χ3n) is 3.27. The molecule has 5 heteroatoms. The lowest BCUT2D eigenvalue weighted by atomic mass is 10.3. The fourth-order valence-electron chi connectivity index (χ4n) is 2.02. The molecule has 19 heavy (non-hydrogen) atoms. The van der Waals surface area contributed by atoms with E-state index in [9.17, 15) is 9.18 Å². The van der Waals surface area contributed by atoms with Crippen LogP contribution in [0.4, 0.5) is 4.39 Å². The Morgan fingerprint density at radius 1 is 1.26 bits per heavy atom. The van der Waals surface area contributed by atoms with Gasteiger partial charge >= 0.3 is 0 Å². The Morgan fingerprint density at radius 3 is 2.63 bits per heavy atom. The molecule has 1 heterocycles. The van der Waals surface area contributed by atoms with E-state index in [-0.39, 0.29) is 24.7 Å². The van der Waals surface area contributed by atoms with Crippen molar-refractivity contribution < 1.29 is 13.9 Å². The summed E-state index contributed by atoms with van der Waals surface area (Å²) >= 11 is 0. The van der Waals surface area contributed by atoms with Crippen LogP contribution in [0.3, 0.4) is 0 Å². The van der Waals surface area contributed by atoms with Crippen LogP contribution in [0.2, 0.25) is 0 Å². The van der Waals surface area contributed by atoms with Crippen LogP contribution < -0.4 is 4.74 Å². The number of carbonyl (C=O) groups excluding carboxylic acids is 1. The molecule has 1 saturated heterocycles. The number of hydrogen-bond donors (Lipinski definition) is 0. The molecule has 0 N–H and O–H groups in total. The van der Waals surface area contributed by atoms with E-state index in [0.29, 0.717) is 0 Å². The number of likely N-dealkylation sites (N-methyl/N-ethyl adjacent to an activating group) is 1. The highest BCUT2D eigenvalue weighted by atomic mass is 19.1. The summed E-state index contributed by atoms with van der Waals surface area (Å²) in [4.78, 5) is 15.9. The van der Waals surface area contributed by atoms with Crippen molar-refractivity contribution in [1.82, 2.24) is 9.80 Å². The molecule has 1 aromatic rings. The molecule has 0 aliphatic carbocycles. The minimum absolute atomic E-state index is 0.0736.